The number of benzene rings is 2. The fraction of sp³-hybridized carbons (Fsp3) is 0.304. The Hall–Kier alpha value is -3.32. The number of aliphatic hydroxyl groups excluding tert-OH is 1. The number of hydrogen-bond acceptors (Lipinski definition) is 6. The van der Waals surface area contributed by atoms with Crippen LogP contribution in [0.3, 0.4) is 0 Å². The van der Waals surface area contributed by atoms with Crippen LogP contribution in [0, 0.1) is 13.8 Å². The van der Waals surface area contributed by atoms with E-state index in [0.717, 1.165) is 16.0 Å². The van der Waals surface area contributed by atoms with Crippen molar-refractivity contribution in [3.8, 4) is 11.5 Å². The number of amides is 2. The lowest BCUT2D eigenvalue weighted by Gasteiger charge is -2.21. The third-order valence-electron chi connectivity index (χ3n) is 5.30. The van der Waals surface area contributed by atoms with Crippen molar-refractivity contribution in [1.29, 1.82) is 0 Å². The topological polar surface area (TPSA) is 79.3 Å². The highest BCUT2D eigenvalue weighted by molar-refractivity contribution is 6.45. The minimum absolute atomic E-state index is 0.141. The second kappa shape index (κ2) is 8.59. The van der Waals surface area contributed by atoms with Crippen LogP contribution in [-0.2, 0) is 9.59 Å². The number of methoxy groups -OCH3 is 2. The number of aryl methyl sites for hydroxylation is 2. The first-order valence-corrected chi connectivity index (χ1v) is 9.58. The van der Waals surface area contributed by atoms with Gasteiger partial charge in [-0.25, -0.2) is 4.90 Å². The Bertz CT molecular complexity index is 1030. The Morgan fingerprint density at radius 1 is 0.933 bits per heavy atom. The predicted octanol–water partition coefficient (Wildman–Crippen LogP) is 2.53. The third-order valence-corrected chi connectivity index (χ3v) is 5.30. The number of nitrogens with zero attached hydrogens (tertiary/aromatic N) is 2. The quantitative estimate of drug-likeness (QED) is 0.707. The molecule has 1 heterocycles. The molecule has 0 fully saturated rings. The lowest BCUT2D eigenvalue weighted by Crippen LogP contribution is -2.34. The van der Waals surface area contributed by atoms with E-state index in [4.69, 9.17) is 9.47 Å². The zero-order valence-corrected chi connectivity index (χ0v) is 17.9. The van der Waals surface area contributed by atoms with Crippen molar-refractivity contribution in [3.05, 3.63) is 58.8 Å². The van der Waals surface area contributed by atoms with Gasteiger partial charge < -0.3 is 19.5 Å². The van der Waals surface area contributed by atoms with E-state index in [1.807, 2.05) is 32.0 Å². The Labute approximate surface area is 176 Å². The SMILES string of the molecule is COc1ccc(N2C(=O)C(c3ccc(C)c(C)c3)=C(N(C)CCO)C2=O)cc1OC. The summed E-state index contributed by atoms with van der Waals surface area (Å²) in [6.45, 7) is 4.04. The number of aliphatic hydroxyl groups is 1. The first-order chi connectivity index (χ1) is 14.3. The summed E-state index contributed by atoms with van der Waals surface area (Å²) in [5.74, 6) is 0.0486. The molecular formula is C23H26N2O5. The van der Waals surface area contributed by atoms with Crippen LogP contribution < -0.4 is 14.4 Å². The van der Waals surface area contributed by atoms with Gasteiger partial charge in [0.2, 0.25) is 0 Å². The fourth-order valence-electron chi connectivity index (χ4n) is 3.49. The Morgan fingerprint density at radius 3 is 2.23 bits per heavy atom. The minimum atomic E-state index is -0.448. The summed E-state index contributed by atoms with van der Waals surface area (Å²) in [6.07, 6.45) is 0. The molecule has 7 heteroatoms. The number of likely N-dealkylation sites (N-methyl/N-ethyl adjacent to an activating group) is 1. The summed E-state index contributed by atoms with van der Waals surface area (Å²) in [7, 11) is 4.70. The molecule has 158 valence electrons. The Balaban J connectivity index is 2.14. The van der Waals surface area contributed by atoms with Gasteiger partial charge in [0.05, 0.1) is 32.1 Å². The van der Waals surface area contributed by atoms with Crippen molar-refractivity contribution < 1.29 is 24.2 Å². The Kier molecular flexibility index (Phi) is 6.12. The zero-order chi connectivity index (χ0) is 22.0. The molecule has 0 radical (unpaired) electrons. The molecule has 0 aromatic heterocycles. The molecule has 0 bridgehead atoms. The molecule has 0 saturated carbocycles. The van der Waals surface area contributed by atoms with Gasteiger partial charge in [-0.15, -0.1) is 0 Å². The fourth-order valence-corrected chi connectivity index (χ4v) is 3.49. The molecule has 2 aromatic carbocycles. The molecule has 0 aliphatic carbocycles. The van der Waals surface area contributed by atoms with Crippen molar-refractivity contribution in [3.63, 3.8) is 0 Å². The number of hydrogen-bond donors (Lipinski definition) is 1. The molecule has 1 N–H and O–H groups in total. The van der Waals surface area contributed by atoms with E-state index in [1.54, 1.807) is 30.1 Å². The second-order valence-electron chi connectivity index (χ2n) is 7.15. The molecule has 0 saturated heterocycles. The van der Waals surface area contributed by atoms with Crippen molar-refractivity contribution in [2.24, 2.45) is 0 Å². The van der Waals surface area contributed by atoms with E-state index in [9.17, 15) is 14.7 Å². The molecule has 0 atom stereocenters. The van der Waals surface area contributed by atoms with Crippen molar-refractivity contribution in [2.45, 2.75) is 13.8 Å². The summed E-state index contributed by atoms with van der Waals surface area (Å²) in [5.41, 5.74) is 3.74. The van der Waals surface area contributed by atoms with Crippen molar-refractivity contribution in [2.75, 3.05) is 39.3 Å². The van der Waals surface area contributed by atoms with Gasteiger partial charge in [-0.1, -0.05) is 18.2 Å². The number of imide groups is 1. The van der Waals surface area contributed by atoms with Crippen LogP contribution in [0.15, 0.2) is 42.1 Å². The highest BCUT2D eigenvalue weighted by Crippen LogP contribution is 2.38. The molecule has 1 aliphatic heterocycles. The summed E-state index contributed by atoms with van der Waals surface area (Å²) >= 11 is 0. The van der Waals surface area contributed by atoms with E-state index in [-0.39, 0.29) is 18.8 Å². The second-order valence-corrected chi connectivity index (χ2v) is 7.15. The van der Waals surface area contributed by atoms with Gasteiger partial charge in [-0.05, 0) is 42.7 Å². The first kappa shape index (κ1) is 21.4. The molecule has 30 heavy (non-hydrogen) atoms. The largest absolute Gasteiger partial charge is 0.493 e. The molecule has 2 aromatic rings. The Morgan fingerprint density at radius 2 is 1.63 bits per heavy atom. The smallest absolute Gasteiger partial charge is 0.282 e. The summed E-state index contributed by atoms with van der Waals surface area (Å²) < 4.78 is 10.6. The normalized spacial score (nSPS) is 13.9. The van der Waals surface area contributed by atoms with Crippen LogP contribution >= 0.6 is 0 Å². The molecule has 0 spiro atoms. The number of carbonyl (C=O) groups is 2. The van der Waals surface area contributed by atoms with E-state index in [2.05, 4.69) is 0 Å². The maximum Gasteiger partial charge on any atom is 0.282 e. The van der Waals surface area contributed by atoms with Crippen LogP contribution in [0.5, 0.6) is 11.5 Å². The van der Waals surface area contributed by atoms with Crippen LogP contribution in [0.2, 0.25) is 0 Å². The van der Waals surface area contributed by atoms with E-state index >= 15 is 0 Å². The highest BCUT2D eigenvalue weighted by Gasteiger charge is 2.42. The van der Waals surface area contributed by atoms with Gasteiger partial charge >= 0.3 is 0 Å². The molecule has 7 nitrogen and oxygen atoms in total. The maximum atomic E-state index is 13.5. The third kappa shape index (κ3) is 3.64. The molecule has 3 rings (SSSR count). The van der Waals surface area contributed by atoms with Gasteiger partial charge in [0, 0.05) is 19.7 Å². The van der Waals surface area contributed by atoms with Gasteiger partial charge in [-0.3, -0.25) is 9.59 Å². The van der Waals surface area contributed by atoms with Crippen molar-refractivity contribution >= 4 is 23.1 Å². The number of ether oxygens (including phenoxy) is 2. The van der Waals surface area contributed by atoms with Gasteiger partial charge in [0.1, 0.15) is 5.70 Å². The summed E-state index contributed by atoms with van der Waals surface area (Å²) in [6, 6.07) is 10.6. The van der Waals surface area contributed by atoms with Crippen LogP contribution in [-0.4, -0.2) is 56.2 Å². The lowest BCUT2D eigenvalue weighted by molar-refractivity contribution is -0.120. The standard InChI is InChI=1S/C23H26N2O5/c1-14-6-7-16(12-15(14)2)20-21(24(3)10-11-26)23(28)25(22(20)27)17-8-9-18(29-4)19(13-17)30-5/h6-9,12-13,26H,10-11H2,1-5H3. The van der Waals surface area contributed by atoms with E-state index in [1.165, 1.54) is 14.2 Å². The first-order valence-electron chi connectivity index (χ1n) is 9.58. The average molecular weight is 410 g/mol. The summed E-state index contributed by atoms with van der Waals surface area (Å²) in [5, 5.41) is 9.39. The summed E-state index contributed by atoms with van der Waals surface area (Å²) in [4.78, 5) is 29.6. The number of anilines is 1. The highest BCUT2D eigenvalue weighted by atomic mass is 16.5. The zero-order valence-electron chi connectivity index (χ0n) is 17.9. The van der Waals surface area contributed by atoms with E-state index in [0.29, 0.717) is 28.3 Å². The van der Waals surface area contributed by atoms with E-state index < -0.39 is 11.8 Å². The molecular weight excluding hydrogens is 384 g/mol. The van der Waals surface area contributed by atoms with Crippen LogP contribution in [0.25, 0.3) is 5.57 Å². The minimum Gasteiger partial charge on any atom is -0.493 e. The maximum absolute atomic E-state index is 13.5. The number of rotatable bonds is 7. The van der Waals surface area contributed by atoms with Gasteiger partial charge in [-0.2, -0.15) is 0 Å². The van der Waals surface area contributed by atoms with Gasteiger partial charge in [0.15, 0.2) is 11.5 Å². The van der Waals surface area contributed by atoms with Crippen LogP contribution in [0.1, 0.15) is 16.7 Å². The molecule has 0 unspecified atom stereocenters. The number of carbonyl (C=O) groups excluding carboxylic acids is 2. The molecule has 1 aliphatic rings. The lowest BCUT2D eigenvalue weighted by atomic mass is 9.99. The van der Waals surface area contributed by atoms with Gasteiger partial charge in [0.25, 0.3) is 11.8 Å². The average Bonchev–Trinajstić information content (AvgIpc) is 3.00. The predicted molar refractivity (Wildman–Crippen MR) is 115 cm³/mol. The monoisotopic (exact) mass is 410 g/mol. The van der Waals surface area contributed by atoms with Crippen molar-refractivity contribution in [1.82, 2.24) is 4.90 Å². The molecule has 2 amide bonds. The van der Waals surface area contributed by atoms with Crippen LogP contribution in [0.4, 0.5) is 5.69 Å².